The molecule has 0 aliphatic heterocycles. The Hall–Kier alpha value is -1.06. The molecule has 0 atom stereocenters. The van der Waals surface area contributed by atoms with Gasteiger partial charge in [0.05, 0.1) is 6.61 Å². The minimum atomic E-state index is -0.112. The van der Waals surface area contributed by atoms with E-state index < -0.39 is 0 Å². The summed E-state index contributed by atoms with van der Waals surface area (Å²) < 4.78 is 1.08. The molecule has 2 N–H and O–H groups in total. The fourth-order valence-electron chi connectivity index (χ4n) is 1.48. The van der Waals surface area contributed by atoms with E-state index in [4.69, 9.17) is 5.11 Å². The molecule has 74 valence electrons. The fourth-order valence-corrected chi connectivity index (χ4v) is 2.50. The van der Waals surface area contributed by atoms with E-state index in [-0.39, 0.29) is 12.4 Å². The molecule has 1 heterocycles. The first-order chi connectivity index (χ1) is 6.74. The van der Waals surface area contributed by atoms with Gasteiger partial charge in [-0.05, 0) is 30.0 Å². The summed E-state index contributed by atoms with van der Waals surface area (Å²) in [6.45, 7) is 2.00. The summed E-state index contributed by atoms with van der Waals surface area (Å²) in [5.74, 6) is 0.185. The van der Waals surface area contributed by atoms with E-state index in [9.17, 15) is 5.11 Å². The lowest BCUT2D eigenvalue weighted by molar-refractivity contribution is 0.276. The number of hydrogen-bond donors (Lipinski definition) is 2. The summed E-state index contributed by atoms with van der Waals surface area (Å²) in [7, 11) is 0. The second-order valence-electron chi connectivity index (χ2n) is 3.24. The largest absolute Gasteiger partial charge is 0.508 e. The zero-order valence-electron chi connectivity index (χ0n) is 7.95. The molecule has 0 radical (unpaired) electrons. The molecule has 0 fully saturated rings. The van der Waals surface area contributed by atoms with Crippen LogP contribution in [0.25, 0.3) is 10.1 Å². The molecular formula is C11H12O2S. The van der Waals surface area contributed by atoms with Gasteiger partial charge in [0.2, 0.25) is 0 Å². The Morgan fingerprint density at radius 2 is 2.07 bits per heavy atom. The number of benzene rings is 1. The van der Waals surface area contributed by atoms with Crippen molar-refractivity contribution >= 4 is 21.4 Å². The van der Waals surface area contributed by atoms with E-state index in [1.165, 1.54) is 4.88 Å². The normalized spacial score (nSPS) is 11.0. The molecule has 0 unspecified atom stereocenters. The van der Waals surface area contributed by atoms with Gasteiger partial charge in [-0.2, -0.15) is 0 Å². The quantitative estimate of drug-likeness (QED) is 0.796. The van der Waals surface area contributed by atoms with E-state index in [1.807, 2.05) is 6.07 Å². The maximum absolute atomic E-state index is 9.54. The fraction of sp³-hybridized carbons (Fsp3) is 0.273. The minimum Gasteiger partial charge on any atom is -0.508 e. The van der Waals surface area contributed by atoms with Gasteiger partial charge >= 0.3 is 0 Å². The number of phenols is 1. The van der Waals surface area contributed by atoms with Crippen LogP contribution in [0.1, 0.15) is 17.4 Å². The highest BCUT2D eigenvalue weighted by Crippen LogP contribution is 2.31. The molecule has 0 amide bonds. The number of aliphatic hydroxyl groups excluding tert-OH is 1. The van der Waals surface area contributed by atoms with Crippen molar-refractivity contribution in [3.8, 4) is 5.75 Å². The van der Waals surface area contributed by atoms with E-state index in [0.29, 0.717) is 5.56 Å². The molecule has 14 heavy (non-hydrogen) atoms. The second-order valence-corrected chi connectivity index (χ2v) is 4.41. The zero-order chi connectivity index (χ0) is 10.1. The highest BCUT2D eigenvalue weighted by atomic mass is 32.1. The Bertz CT molecular complexity index is 460. The number of aliphatic hydroxyl groups is 1. The molecule has 1 aromatic heterocycles. The molecule has 2 nitrogen and oxygen atoms in total. The number of aromatic hydroxyl groups is 1. The third kappa shape index (κ3) is 1.49. The van der Waals surface area contributed by atoms with Gasteiger partial charge in [0.25, 0.3) is 0 Å². The van der Waals surface area contributed by atoms with Crippen molar-refractivity contribution in [1.29, 1.82) is 0 Å². The van der Waals surface area contributed by atoms with Gasteiger partial charge in [-0.1, -0.05) is 6.92 Å². The summed E-state index contributed by atoms with van der Waals surface area (Å²) in [6, 6.07) is 5.68. The molecule has 0 spiro atoms. The van der Waals surface area contributed by atoms with Gasteiger partial charge in [-0.15, -0.1) is 11.3 Å². The van der Waals surface area contributed by atoms with Crippen molar-refractivity contribution in [2.24, 2.45) is 0 Å². The predicted molar refractivity (Wildman–Crippen MR) is 58.8 cm³/mol. The van der Waals surface area contributed by atoms with Crippen LogP contribution in [-0.4, -0.2) is 10.2 Å². The van der Waals surface area contributed by atoms with Crippen molar-refractivity contribution in [3.63, 3.8) is 0 Å². The zero-order valence-corrected chi connectivity index (χ0v) is 8.77. The molecule has 2 rings (SSSR count). The molecule has 3 heteroatoms. The Balaban J connectivity index is 2.64. The number of thiophene rings is 1. The van der Waals surface area contributed by atoms with Crippen molar-refractivity contribution < 1.29 is 10.2 Å². The maximum Gasteiger partial charge on any atom is 0.122 e. The average molecular weight is 208 g/mol. The Morgan fingerprint density at radius 3 is 2.71 bits per heavy atom. The summed E-state index contributed by atoms with van der Waals surface area (Å²) in [6.07, 6.45) is 1.01. The predicted octanol–water partition coefficient (Wildman–Crippen LogP) is 2.66. The SMILES string of the molecule is CCc1cc2cc(CO)c(O)cc2s1. The van der Waals surface area contributed by atoms with Crippen LogP contribution >= 0.6 is 11.3 Å². The lowest BCUT2D eigenvalue weighted by Crippen LogP contribution is -1.82. The molecule has 2 aromatic rings. The lowest BCUT2D eigenvalue weighted by atomic mass is 10.1. The summed E-state index contributed by atoms with van der Waals surface area (Å²) in [5.41, 5.74) is 0.595. The summed E-state index contributed by atoms with van der Waals surface area (Å²) in [4.78, 5) is 1.30. The highest BCUT2D eigenvalue weighted by molar-refractivity contribution is 7.19. The average Bonchev–Trinajstić information content (AvgIpc) is 2.58. The van der Waals surface area contributed by atoms with Gasteiger partial charge in [-0.3, -0.25) is 0 Å². The smallest absolute Gasteiger partial charge is 0.122 e. The first kappa shape index (κ1) is 9.49. The minimum absolute atomic E-state index is 0.112. The van der Waals surface area contributed by atoms with Crippen molar-refractivity contribution in [1.82, 2.24) is 0 Å². The van der Waals surface area contributed by atoms with Crippen LogP contribution in [0.15, 0.2) is 18.2 Å². The van der Waals surface area contributed by atoms with Crippen LogP contribution in [0.4, 0.5) is 0 Å². The van der Waals surface area contributed by atoms with Crippen LogP contribution in [0.3, 0.4) is 0 Å². The number of rotatable bonds is 2. The molecule has 0 saturated carbocycles. The van der Waals surface area contributed by atoms with E-state index in [2.05, 4.69) is 13.0 Å². The Kier molecular flexibility index (Phi) is 2.44. The number of aryl methyl sites for hydroxylation is 1. The first-order valence-corrected chi connectivity index (χ1v) is 5.41. The van der Waals surface area contributed by atoms with Crippen molar-refractivity contribution in [3.05, 3.63) is 28.6 Å². The summed E-state index contributed by atoms with van der Waals surface area (Å²) in [5, 5.41) is 19.6. The first-order valence-electron chi connectivity index (χ1n) is 4.59. The lowest BCUT2D eigenvalue weighted by Gasteiger charge is -1.99. The number of fused-ring (bicyclic) bond motifs is 1. The highest BCUT2D eigenvalue weighted by Gasteiger charge is 2.05. The van der Waals surface area contributed by atoms with Gasteiger partial charge in [0.15, 0.2) is 0 Å². The van der Waals surface area contributed by atoms with Crippen LogP contribution in [-0.2, 0) is 13.0 Å². The van der Waals surface area contributed by atoms with Crippen molar-refractivity contribution in [2.45, 2.75) is 20.0 Å². The van der Waals surface area contributed by atoms with Crippen molar-refractivity contribution in [2.75, 3.05) is 0 Å². The van der Waals surface area contributed by atoms with Gasteiger partial charge in [0.1, 0.15) is 5.75 Å². The third-order valence-electron chi connectivity index (χ3n) is 2.29. The van der Waals surface area contributed by atoms with Crippen LogP contribution < -0.4 is 0 Å². The molecule has 0 aliphatic carbocycles. The Labute approximate surface area is 86.4 Å². The third-order valence-corrected chi connectivity index (χ3v) is 3.53. The molecule has 0 aliphatic rings. The van der Waals surface area contributed by atoms with Gasteiger partial charge in [0, 0.05) is 15.1 Å². The monoisotopic (exact) mass is 208 g/mol. The van der Waals surface area contributed by atoms with Crippen LogP contribution in [0.5, 0.6) is 5.75 Å². The Morgan fingerprint density at radius 1 is 1.29 bits per heavy atom. The topological polar surface area (TPSA) is 40.5 Å². The standard InChI is InChI=1S/C11H12O2S/c1-2-9-4-7-3-8(6-12)10(13)5-11(7)14-9/h3-5,12-13H,2,6H2,1H3. The van der Waals surface area contributed by atoms with E-state index in [1.54, 1.807) is 17.4 Å². The van der Waals surface area contributed by atoms with Gasteiger partial charge in [-0.25, -0.2) is 0 Å². The molecule has 0 saturated heterocycles. The number of hydrogen-bond acceptors (Lipinski definition) is 3. The molecule has 0 bridgehead atoms. The van der Waals surface area contributed by atoms with Crippen LogP contribution in [0, 0.1) is 0 Å². The van der Waals surface area contributed by atoms with Gasteiger partial charge < -0.3 is 10.2 Å². The van der Waals surface area contributed by atoms with E-state index in [0.717, 1.165) is 16.5 Å². The molecule has 1 aromatic carbocycles. The van der Waals surface area contributed by atoms with E-state index >= 15 is 0 Å². The maximum atomic E-state index is 9.54. The second kappa shape index (κ2) is 3.59. The molecular weight excluding hydrogens is 196 g/mol. The van der Waals surface area contributed by atoms with Crippen LogP contribution in [0.2, 0.25) is 0 Å². The summed E-state index contributed by atoms with van der Waals surface area (Å²) >= 11 is 1.69.